The van der Waals surface area contributed by atoms with Crippen molar-refractivity contribution < 1.29 is 23.4 Å². The topological polar surface area (TPSA) is 134 Å². The molecule has 4 N–H and O–H groups in total. The van der Waals surface area contributed by atoms with E-state index in [-0.39, 0.29) is 35.4 Å². The number of aromatic amines is 1. The van der Waals surface area contributed by atoms with Crippen LogP contribution in [0.15, 0.2) is 71.8 Å². The number of halogens is 2. The fraction of sp³-hybridized carbons (Fsp3) is 0.143. The lowest BCUT2D eigenvalue weighted by Crippen LogP contribution is -2.29. The van der Waals surface area contributed by atoms with Gasteiger partial charge in [0.05, 0.1) is 6.61 Å². The minimum Gasteiger partial charge on any atom is -0.453 e. The van der Waals surface area contributed by atoms with Crippen LogP contribution in [0.25, 0.3) is 16.7 Å². The van der Waals surface area contributed by atoms with Gasteiger partial charge in [-0.3, -0.25) is 19.3 Å². The molecule has 3 heterocycles. The number of anilines is 2. The van der Waals surface area contributed by atoms with Crippen LogP contribution in [0.1, 0.15) is 22.8 Å². The van der Waals surface area contributed by atoms with Gasteiger partial charge in [-0.1, -0.05) is 0 Å². The van der Waals surface area contributed by atoms with E-state index in [1.54, 1.807) is 26.0 Å². The van der Waals surface area contributed by atoms with Gasteiger partial charge in [-0.25, -0.2) is 13.8 Å². The lowest BCUT2D eigenvalue weighted by Gasteiger charge is -2.13. The molecule has 204 valence electrons. The normalized spacial score (nSPS) is 11.8. The van der Waals surface area contributed by atoms with Crippen LogP contribution in [0.3, 0.4) is 0 Å². The summed E-state index contributed by atoms with van der Waals surface area (Å²) in [5.41, 5.74) is 0.574. The van der Waals surface area contributed by atoms with E-state index in [1.807, 2.05) is 0 Å². The molecule has 12 heteroatoms. The highest BCUT2D eigenvalue weighted by molar-refractivity contribution is 6.05. The Balaban J connectivity index is 1.39. The predicted molar refractivity (Wildman–Crippen MR) is 145 cm³/mol. The number of fused-ring (bicyclic) bond motifs is 1. The van der Waals surface area contributed by atoms with E-state index in [9.17, 15) is 19.1 Å². The van der Waals surface area contributed by atoms with Gasteiger partial charge in [0.2, 0.25) is 0 Å². The number of hydrogen-bond acceptors (Lipinski definition) is 7. The van der Waals surface area contributed by atoms with Gasteiger partial charge in [0.15, 0.2) is 23.0 Å². The summed E-state index contributed by atoms with van der Waals surface area (Å²) in [6.45, 7) is 3.24. The number of nitrogens with one attached hydrogen (secondary N) is 3. The van der Waals surface area contributed by atoms with E-state index in [1.165, 1.54) is 53.4 Å². The SMILES string of the molecule is Cc1ccn(-c2ccc(F)cc2)c(=O)c1C(=O)Nc1ccc(Oc2ccnc3[nH]nc(NC(C)CO)c23)c(F)c1. The molecule has 0 aliphatic carbocycles. The average Bonchev–Trinajstić information content (AvgIpc) is 3.34. The van der Waals surface area contributed by atoms with Crippen LogP contribution in [0.5, 0.6) is 11.5 Å². The number of amides is 1. The Bertz CT molecular complexity index is 1770. The summed E-state index contributed by atoms with van der Waals surface area (Å²) in [7, 11) is 0. The summed E-state index contributed by atoms with van der Waals surface area (Å²) >= 11 is 0. The van der Waals surface area contributed by atoms with Crippen molar-refractivity contribution in [2.75, 3.05) is 17.2 Å². The number of pyridine rings is 2. The number of aromatic nitrogens is 4. The summed E-state index contributed by atoms with van der Waals surface area (Å²) in [5.74, 6) is -1.42. The fourth-order valence-electron chi connectivity index (χ4n) is 4.07. The number of H-pyrrole nitrogens is 1. The predicted octanol–water partition coefficient (Wildman–Crippen LogP) is 4.53. The van der Waals surface area contributed by atoms with E-state index in [0.29, 0.717) is 28.1 Å². The molecule has 0 bridgehead atoms. The Kier molecular flexibility index (Phi) is 7.25. The highest BCUT2D eigenvalue weighted by atomic mass is 19.1. The molecule has 0 radical (unpaired) electrons. The fourth-order valence-corrected chi connectivity index (χ4v) is 4.07. The molecule has 0 saturated carbocycles. The van der Waals surface area contributed by atoms with E-state index in [4.69, 9.17) is 4.74 Å². The molecular weight excluding hydrogens is 522 g/mol. The summed E-state index contributed by atoms with van der Waals surface area (Å²) in [6, 6.07) is 12.0. The smallest absolute Gasteiger partial charge is 0.268 e. The van der Waals surface area contributed by atoms with Crippen molar-refractivity contribution in [3.8, 4) is 17.2 Å². The van der Waals surface area contributed by atoms with Gasteiger partial charge in [0.1, 0.15) is 22.5 Å². The second-order valence-electron chi connectivity index (χ2n) is 9.06. The zero-order valence-corrected chi connectivity index (χ0v) is 21.4. The van der Waals surface area contributed by atoms with E-state index < -0.39 is 23.1 Å². The van der Waals surface area contributed by atoms with Crippen LogP contribution in [-0.4, -0.2) is 43.4 Å². The third-order valence-corrected chi connectivity index (χ3v) is 6.12. The van der Waals surface area contributed by atoms with E-state index in [2.05, 4.69) is 25.8 Å². The number of carbonyl (C=O) groups is 1. The molecule has 0 saturated heterocycles. The number of rotatable bonds is 8. The molecule has 5 aromatic rings. The molecule has 0 aliphatic heterocycles. The number of nitrogens with zero attached hydrogens (tertiary/aromatic N) is 3. The van der Waals surface area contributed by atoms with Gasteiger partial charge in [-0.2, -0.15) is 5.10 Å². The monoisotopic (exact) mass is 546 g/mol. The van der Waals surface area contributed by atoms with Crippen molar-refractivity contribution >= 4 is 28.4 Å². The molecule has 40 heavy (non-hydrogen) atoms. The lowest BCUT2D eigenvalue weighted by atomic mass is 10.1. The van der Waals surface area contributed by atoms with Crippen molar-refractivity contribution in [1.82, 2.24) is 19.7 Å². The van der Waals surface area contributed by atoms with Crippen LogP contribution in [0.2, 0.25) is 0 Å². The standard InChI is InChI=1S/C28H24F2N6O4/c1-15-10-12-36(19-6-3-17(29)4-7-19)28(39)23(15)27(38)33-18-5-8-21(20(30)13-18)40-22-9-11-31-25-24(22)26(35-34-25)32-16(2)14-37/h3-13,16,37H,14H2,1-2H3,(H,33,38)(H2,31,32,34,35). The van der Waals surface area contributed by atoms with Crippen LogP contribution < -0.4 is 20.9 Å². The molecule has 1 unspecified atom stereocenters. The highest BCUT2D eigenvalue weighted by Gasteiger charge is 2.19. The summed E-state index contributed by atoms with van der Waals surface area (Å²) < 4.78 is 35.5. The second-order valence-corrected chi connectivity index (χ2v) is 9.06. The van der Waals surface area contributed by atoms with Crippen molar-refractivity contribution in [3.63, 3.8) is 0 Å². The number of aryl methyl sites for hydroxylation is 1. The van der Waals surface area contributed by atoms with Gasteiger partial charge >= 0.3 is 0 Å². The van der Waals surface area contributed by atoms with Gasteiger partial charge < -0.3 is 20.5 Å². The molecular formula is C28H24F2N6O4. The zero-order valence-electron chi connectivity index (χ0n) is 21.4. The maximum atomic E-state index is 15.1. The molecule has 10 nitrogen and oxygen atoms in total. The number of hydrogen-bond donors (Lipinski definition) is 4. The number of benzene rings is 2. The Morgan fingerprint density at radius 2 is 1.90 bits per heavy atom. The number of aliphatic hydroxyl groups excluding tert-OH is 1. The number of ether oxygens (including phenoxy) is 1. The number of aliphatic hydroxyl groups is 1. The Labute approximate surface area is 226 Å². The van der Waals surface area contributed by atoms with Crippen molar-refractivity contribution in [3.05, 3.63) is 100 Å². The highest BCUT2D eigenvalue weighted by Crippen LogP contribution is 2.34. The van der Waals surface area contributed by atoms with Gasteiger partial charge in [0, 0.05) is 41.9 Å². The summed E-state index contributed by atoms with van der Waals surface area (Å²) in [6.07, 6.45) is 2.97. The van der Waals surface area contributed by atoms with E-state index >= 15 is 4.39 Å². The maximum absolute atomic E-state index is 15.1. The zero-order chi connectivity index (χ0) is 28.4. The van der Waals surface area contributed by atoms with Crippen LogP contribution in [0.4, 0.5) is 20.3 Å². The first-order valence-electron chi connectivity index (χ1n) is 12.2. The van der Waals surface area contributed by atoms with Gasteiger partial charge in [-0.05, 0) is 61.9 Å². The summed E-state index contributed by atoms with van der Waals surface area (Å²) in [5, 5.41) is 22.3. The van der Waals surface area contributed by atoms with E-state index in [0.717, 1.165) is 6.07 Å². The first-order chi connectivity index (χ1) is 19.2. The average molecular weight is 547 g/mol. The van der Waals surface area contributed by atoms with Gasteiger partial charge in [-0.15, -0.1) is 0 Å². The quantitative estimate of drug-likeness (QED) is 0.225. The Hall–Kier alpha value is -5.10. The van der Waals surface area contributed by atoms with Gasteiger partial charge in [0.25, 0.3) is 11.5 Å². The Morgan fingerprint density at radius 3 is 2.62 bits per heavy atom. The lowest BCUT2D eigenvalue weighted by molar-refractivity contribution is 0.102. The van der Waals surface area contributed by atoms with Crippen LogP contribution >= 0.6 is 0 Å². The maximum Gasteiger partial charge on any atom is 0.268 e. The van der Waals surface area contributed by atoms with Crippen LogP contribution in [0, 0.1) is 18.6 Å². The van der Waals surface area contributed by atoms with Crippen LogP contribution in [-0.2, 0) is 0 Å². The molecule has 0 aliphatic rings. The van der Waals surface area contributed by atoms with Crippen molar-refractivity contribution in [2.24, 2.45) is 0 Å². The third-order valence-electron chi connectivity index (χ3n) is 6.12. The first kappa shape index (κ1) is 26.5. The van der Waals surface area contributed by atoms with Crippen molar-refractivity contribution in [1.29, 1.82) is 0 Å². The second kappa shape index (κ2) is 10.9. The minimum atomic E-state index is -0.766. The summed E-state index contributed by atoms with van der Waals surface area (Å²) in [4.78, 5) is 30.4. The molecule has 3 aromatic heterocycles. The third kappa shape index (κ3) is 5.24. The molecule has 0 spiro atoms. The molecule has 0 fully saturated rings. The molecule has 2 aromatic carbocycles. The molecule has 1 atom stereocenters. The minimum absolute atomic E-state index is 0.105. The largest absolute Gasteiger partial charge is 0.453 e. The Morgan fingerprint density at radius 1 is 1.12 bits per heavy atom. The number of carbonyl (C=O) groups excluding carboxylic acids is 1. The molecule has 5 rings (SSSR count). The molecule has 1 amide bonds. The van der Waals surface area contributed by atoms with Crippen molar-refractivity contribution in [2.45, 2.75) is 19.9 Å². The first-order valence-corrected chi connectivity index (χ1v) is 12.2.